The maximum Gasteiger partial charge on any atom is 0.308 e. The number of thiazole rings is 1. The predicted molar refractivity (Wildman–Crippen MR) is 141 cm³/mol. The Bertz CT molecular complexity index is 901. The highest BCUT2D eigenvalue weighted by molar-refractivity contribution is 7.14. The van der Waals surface area contributed by atoms with E-state index in [4.69, 9.17) is 9.72 Å². The van der Waals surface area contributed by atoms with Crippen LogP contribution in [0.1, 0.15) is 95.5 Å². The van der Waals surface area contributed by atoms with Gasteiger partial charge in [0.05, 0.1) is 18.7 Å². The van der Waals surface area contributed by atoms with Gasteiger partial charge in [0.25, 0.3) is 0 Å². The Balaban J connectivity index is 1.77. The molecule has 1 fully saturated rings. The third-order valence-corrected chi connectivity index (χ3v) is 8.95. The molecule has 1 aliphatic carbocycles. The highest BCUT2D eigenvalue weighted by Gasteiger charge is 2.38. The maximum absolute atomic E-state index is 12.4. The van der Waals surface area contributed by atoms with Crippen molar-refractivity contribution in [3.63, 3.8) is 0 Å². The molecule has 2 aromatic rings. The minimum Gasteiger partial charge on any atom is -0.460 e. The van der Waals surface area contributed by atoms with Crippen LogP contribution in [-0.2, 0) is 21.5 Å². The fourth-order valence-electron chi connectivity index (χ4n) is 4.92. The van der Waals surface area contributed by atoms with Gasteiger partial charge in [-0.1, -0.05) is 20.8 Å². The van der Waals surface area contributed by atoms with Crippen LogP contribution in [0.3, 0.4) is 0 Å². The minimum atomic E-state index is -0.455. The van der Waals surface area contributed by atoms with Crippen LogP contribution in [0.15, 0.2) is 17.5 Å². The lowest BCUT2D eigenvalue weighted by atomic mass is 9.65. The van der Waals surface area contributed by atoms with Gasteiger partial charge in [0.1, 0.15) is 5.60 Å². The Morgan fingerprint density at radius 1 is 1.27 bits per heavy atom. The van der Waals surface area contributed by atoms with Crippen molar-refractivity contribution >= 4 is 33.8 Å². The summed E-state index contributed by atoms with van der Waals surface area (Å²) in [6.45, 7) is 16.3. The number of thiophene rings is 1. The second-order valence-corrected chi connectivity index (χ2v) is 13.2. The number of nitrogens with zero attached hydrogens (tertiary/aromatic N) is 2. The van der Waals surface area contributed by atoms with Gasteiger partial charge in [-0.15, -0.1) is 22.7 Å². The summed E-state index contributed by atoms with van der Waals surface area (Å²) in [7, 11) is 0. The monoisotopic (exact) mass is 490 g/mol. The van der Waals surface area contributed by atoms with E-state index in [-0.39, 0.29) is 11.4 Å². The van der Waals surface area contributed by atoms with Gasteiger partial charge in [-0.3, -0.25) is 4.79 Å². The van der Waals surface area contributed by atoms with Gasteiger partial charge in [-0.05, 0) is 83.8 Å². The van der Waals surface area contributed by atoms with Gasteiger partial charge in [0.15, 0.2) is 5.13 Å². The summed E-state index contributed by atoms with van der Waals surface area (Å²) in [6, 6.07) is 4.36. The Hall–Kier alpha value is -1.40. The first kappa shape index (κ1) is 26.2. The number of rotatable bonds is 9. The predicted octanol–water partition coefficient (Wildman–Crippen LogP) is 7.75. The first-order valence-electron chi connectivity index (χ1n) is 12.5. The molecule has 0 bridgehead atoms. The van der Waals surface area contributed by atoms with E-state index in [0.29, 0.717) is 13.0 Å². The van der Waals surface area contributed by atoms with Crippen LogP contribution in [0.4, 0.5) is 5.13 Å². The summed E-state index contributed by atoms with van der Waals surface area (Å²) < 4.78 is 5.56. The Labute approximate surface area is 208 Å². The second-order valence-electron chi connectivity index (χ2n) is 11.0. The number of hydrogen-bond donors (Lipinski definition) is 0. The molecule has 3 rings (SSSR count). The number of aromatic nitrogens is 1. The number of ether oxygens (including phenoxy) is 1. The number of carbonyl (C=O) groups excluding carboxylic acids is 1. The molecule has 0 unspecified atom stereocenters. The summed E-state index contributed by atoms with van der Waals surface area (Å²) in [5.41, 5.74) is 1.01. The molecule has 0 aliphatic heterocycles. The molecule has 0 radical (unpaired) electrons. The van der Waals surface area contributed by atoms with Crippen LogP contribution in [0.5, 0.6) is 0 Å². The lowest BCUT2D eigenvalue weighted by molar-refractivity contribution is -0.154. The molecule has 6 heteroatoms. The van der Waals surface area contributed by atoms with Gasteiger partial charge in [-0.2, -0.15) is 0 Å². The molecular formula is C27H42N2O2S2. The molecule has 2 aromatic heterocycles. The smallest absolute Gasteiger partial charge is 0.308 e. The molecule has 0 amide bonds. The van der Waals surface area contributed by atoms with Crippen LogP contribution in [-0.4, -0.2) is 23.1 Å². The zero-order valence-corrected chi connectivity index (χ0v) is 23.2. The van der Waals surface area contributed by atoms with E-state index in [1.165, 1.54) is 41.1 Å². The zero-order valence-electron chi connectivity index (χ0n) is 21.6. The van der Waals surface area contributed by atoms with Crippen LogP contribution in [0.2, 0.25) is 0 Å². The fourth-order valence-corrected chi connectivity index (χ4v) is 6.80. The number of carbonyl (C=O) groups is 1. The van der Waals surface area contributed by atoms with Gasteiger partial charge >= 0.3 is 5.97 Å². The normalized spacial score (nSPS) is 21.4. The molecule has 184 valence electrons. The van der Waals surface area contributed by atoms with E-state index in [1.54, 1.807) is 11.3 Å². The second kappa shape index (κ2) is 10.9. The number of anilines is 1. The Morgan fingerprint density at radius 3 is 2.52 bits per heavy atom. The standard InChI is InChI=1S/C27H42N2O2S2/c1-8-27(14-11-21(12-15-27)19(2)3)23-18-32-25(28-23)29(17-22-10-9-20(4)33-22)16-13-24(30)31-26(5,6)7/h9-10,18-19,21H,8,11-17H2,1-7H3. The Morgan fingerprint density at radius 2 is 1.97 bits per heavy atom. The van der Waals surface area contributed by atoms with Crippen molar-refractivity contribution < 1.29 is 9.53 Å². The molecule has 4 nitrogen and oxygen atoms in total. The van der Waals surface area contributed by atoms with Gasteiger partial charge in [0.2, 0.25) is 0 Å². The molecule has 33 heavy (non-hydrogen) atoms. The molecule has 0 saturated heterocycles. The summed E-state index contributed by atoms with van der Waals surface area (Å²) in [4.78, 5) is 22.5. The largest absolute Gasteiger partial charge is 0.460 e. The van der Waals surface area contributed by atoms with Crippen molar-refractivity contribution in [3.05, 3.63) is 33.0 Å². The maximum atomic E-state index is 12.4. The fraction of sp³-hybridized carbons (Fsp3) is 0.704. The molecule has 0 N–H and O–H groups in total. The van der Waals surface area contributed by atoms with E-state index >= 15 is 0 Å². The first-order chi connectivity index (χ1) is 15.5. The van der Waals surface area contributed by atoms with Crippen LogP contribution in [0, 0.1) is 18.8 Å². The highest BCUT2D eigenvalue weighted by atomic mass is 32.1. The minimum absolute atomic E-state index is 0.149. The van der Waals surface area contributed by atoms with Gasteiger partial charge in [-0.25, -0.2) is 4.98 Å². The third-order valence-electron chi connectivity index (χ3n) is 7.06. The summed E-state index contributed by atoms with van der Waals surface area (Å²) in [5, 5.41) is 3.31. The van der Waals surface area contributed by atoms with Crippen LogP contribution >= 0.6 is 22.7 Å². The van der Waals surface area contributed by atoms with Crippen molar-refractivity contribution in [2.45, 2.75) is 105 Å². The summed E-state index contributed by atoms with van der Waals surface area (Å²) in [5.74, 6) is 1.46. The lowest BCUT2D eigenvalue weighted by Gasteiger charge is -2.40. The van der Waals surface area contributed by atoms with Gasteiger partial charge < -0.3 is 9.64 Å². The average molecular weight is 491 g/mol. The molecule has 0 aromatic carbocycles. The first-order valence-corrected chi connectivity index (χ1v) is 14.2. The molecular weight excluding hydrogens is 448 g/mol. The summed E-state index contributed by atoms with van der Waals surface area (Å²) >= 11 is 3.55. The Kier molecular flexibility index (Phi) is 8.66. The van der Waals surface area contributed by atoms with Crippen LogP contribution < -0.4 is 4.90 Å². The molecule has 2 heterocycles. The van der Waals surface area contributed by atoms with E-state index in [1.807, 2.05) is 32.1 Å². The average Bonchev–Trinajstić information content (AvgIpc) is 3.39. The van der Waals surface area contributed by atoms with Crippen molar-refractivity contribution in [2.24, 2.45) is 11.8 Å². The zero-order chi connectivity index (χ0) is 24.2. The van der Waals surface area contributed by atoms with E-state index in [9.17, 15) is 4.79 Å². The quantitative estimate of drug-likeness (QED) is 0.337. The molecule has 1 aliphatic rings. The number of esters is 1. The molecule has 0 atom stereocenters. The van der Waals surface area contributed by atoms with Crippen molar-refractivity contribution in [1.82, 2.24) is 4.98 Å². The molecule has 1 saturated carbocycles. The van der Waals surface area contributed by atoms with E-state index < -0.39 is 5.60 Å². The highest BCUT2D eigenvalue weighted by Crippen LogP contribution is 2.46. The summed E-state index contributed by atoms with van der Waals surface area (Å²) in [6.07, 6.45) is 6.58. The lowest BCUT2D eigenvalue weighted by Crippen LogP contribution is -2.33. The number of aryl methyl sites for hydroxylation is 1. The van der Waals surface area contributed by atoms with Crippen molar-refractivity contribution in [3.8, 4) is 0 Å². The van der Waals surface area contributed by atoms with E-state index in [0.717, 1.165) is 29.9 Å². The number of hydrogen-bond acceptors (Lipinski definition) is 6. The van der Waals surface area contributed by atoms with E-state index in [2.05, 4.69) is 50.1 Å². The van der Waals surface area contributed by atoms with Crippen molar-refractivity contribution in [2.75, 3.05) is 11.4 Å². The SMILES string of the molecule is CCC1(c2csc(N(CCC(=O)OC(C)(C)C)Cc3ccc(C)s3)n2)CCC(C(C)C)CC1. The van der Waals surface area contributed by atoms with Crippen LogP contribution in [0.25, 0.3) is 0 Å². The topological polar surface area (TPSA) is 42.4 Å². The van der Waals surface area contributed by atoms with Gasteiger partial charge in [0, 0.05) is 27.1 Å². The molecule has 0 spiro atoms. The third kappa shape index (κ3) is 7.05. The van der Waals surface area contributed by atoms with Crippen molar-refractivity contribution in [1.29, 1.82) is 0 Å².